The summed E-state index contributed by atoms with van der Waals surface area (Å²) in [7, 11) is 0.549. The molecule has 2 N–H and O–H groups in total. The van der Waals surface area contributed by atoms with Crippen LogP contribution in [0.25, 0.3) is 0 Å². The molecule has 0 aliphatic carbocycles. The van der Waals surface area contributed by atoms with Crippen LogP contribution < -0.4 is 15.4 Å². The Bertz CT molecular complexity index is 619. The third-order valence-corrected chi connectivity index (χ3v) is 5.07. The summed E-state index contributed by atoms with van der Waals surface area (Å²) >= 11 is 0. The first kappa shape index (κ1) is 25.0. The van der Waals surface area contributed by atoms with Gasteiger partial charge in [-0.25, -0.2) is 0 Å². The number of rotatable bonds is 6. The normalized spacial score (nSPS) is 13.6. The molecule has 1 aromatic carbocycles. The van der Waals surface area contributed by atoms with Crippen LogP contribution in [-0.2, 0) is 17.3 Å². The van der Waals surface area contributed by atoms with E-state index in [-0.39, 0.29) is 41.0 Å². The van der Waals surface area contributed by atoms with Crippen LogP contribution in [0, 0.1) is 0 Å². The summed E-state index contributed by atoms with van der Waals surface area (Å²) in [6.07, 6.45) is -4.74. The molecule has 0 aromatic heterocycles. The van der Waals surface area contributed by atoms with Gasteiger partial charge in [-0.2, -0.15) is 0 Å². The highest BCUT2D eigenvalue weighted by Gasteiger charge is 2.31. The van der Waals surface area contributed by atoms with Gasteiger partial charge in [0.2, 0.25) is 0 Å². The van der Waals surface area contributed by atoms with E-state index in [1.165, 1.54) is 18.2 Å². The van der Waals surface area contributed by atoms with Gasteiger partial charge in [-0.3, -0.25) is 9.20 Å². The molecule has 0 saturated carbocycles. The van der Waals surface area contributed by atoms with Crippen molar-refractivity contribution in [3.63, 3.8) is 0 Å². The molecule has 0 aliphatic heterocycles. The number of alkyl halides is 3. The fourth-order valence-corrected chi connectivity index (χ4v) is 2.74. The molecule has 10 heteroatoms. The number of nitrogens with one attached hydrogen (secondary N) is 2. The van der Waals surface area contributed by atoms with Crippen LogP contribution in [0.15, 0.2) is 29.3 Å². The SMILES string of the molecule is CN=C(NCCS(=O)C(C)(C)C)NCc1ccccc1OC(F)(F)F.I. The molecule has 26 heavy (non-hydrogen) atoms. The van der Waals surface area contributed by atoms with Crippen molar-refractivity contribution in [2.45, 2.75) is 38.4 Å². The average Bonchev–Trinajstić information content (AvgIpc) is 2.49. The number of nitrogens with zero attached hydrogens (tertiary/aromatic N) is 1. The predicted molar refractivity (Wildman–Crippen MR) is 110 cm³/mol. The first-order chi connectivity index (χ1) is 11.5. The lowest BCUT2D eigenvalue weighted by molar-refractivity contribution is -0.274. The van der Waals surface area contributed by atoms with Gasteiger partial charge in [0, 0.05) is 47.0 Å². The van der Waals surface area contributed by atoms with Gasteiger partial charge in [0.15, 0.2) is 5.96 Å². The molecular weight excluding hydrogens is 482 g/mol. The minimum Gasteiger partial charge on any atom is -0.405 e. The number of benzene rings is 1. The Morgan fingerprint density at radius 2 is 1.81 bits per heavy atom. The summed E-state index contributed by atoms with van der Waals surface area (Å²) in [6.45, 7) is 6.23. The zero-order valence-electron chi connectivity index (χ0n) is 15.1. The van der Waals surface area contributed by atoms with Crippen molar-refractivity contribution in [1.29, 1.82) is 0 Å². The number of aliphatic imine (C=N–C) groups is 1. The maximum atomic E-state index is 12.4. The van der Waals surface area contributed by atoms with Crippen LogP contribution in [0.1, 0.15) is 26.3 Å². The van der Waals surface area contributed by atoms with E-state index in [9.17, 15) is 17.4 Å². The third-order valence-electron chi connectivity index (χ3n) is 3.13. The Hall–Kier alpha value is -1.04. The van der Waals surface area contributed by atoms with Crippen LogP contribution in [0.3, 0.4) is 0 Å². The highest BCUT2D eigenvalue weighted by atomic mass is 127. The molecule has 0 fully saturated rings. The van der Waals surface area contributed by atoms with Gasteiger partial charge in [0.25, 0.3) is 0 Å². The lowest BCUT2D eigenvalue weighted by atomic mass is 10.2. The summed E-state index contributed by atoms with van der Waals surface area (Å²) in [5.74, 6) is 0.595. The number of hydrogen-bond donors (Lipinski definition) is 2. The van der Waals surface area contributed by atoms with Crippen molar-refractivity contribution in [3.8, 4) is 5.75 Å². The second-order valence-electron chi connectivity index (χ2n) is 6.17. The molecule has 0 aliphatic rings. The van der Waals surface area contributed by atoms with Crippen LogP contribution in [0.4, 0.5) is 13.2 Å². The highest BCUT2D eigenvalue weighted by Crippen LogP contribution is 2.26. The van der Waals surface area contributed by atoms with Crippen LogP contribution in [0.5, 0.6) is 5.75 Å². The maximum absolute atomic E-state index is 12.4. The van der Waals surface area contributed by atoms with Crippen molar-refractivity contribution in [2.24, 2.45) is 4.99 Å². The number of hydrogen-bond acceptors (Lipinski definition) is 3. The molecule has 1 rings (SSSR count). The molecule has 0 spiro atoms. The molecule has 0 saturated heterocycles. The monoisotopic (exact) mass is 507 g/mol. The zero-order chi connectivity index (χ0) is 19.1. The van der Waals surface area contributed by atoms with E-state index >= 15 is 0 Å². The predicted octanol–water partition coefficient (Wildman–Crippen LogP) is 3.42. The Morgan fingerprint density at radius 1 is 1.19 bits per heavy atom. The maximum Gasteiger partial charge on any atom is 0.573 e. The Balaban J connectivity index is 0.00000625. The van der Waals surface area contributed by atoms with Crippen LogP contribution in [0.2, 0.25) is 0 Å². The van der Waals surface area contributed by atoms with Crippen LogP contribution >= 0.6 is 24.0 Å². The molecule has 5 nitrogen and oxygen atoms in total. The number of halogens is 4. The molecule has 0 amide bonds. The van der Waals surface area contributed by atoms with E-state index in [1.807, 2.05) is 20.8 Å². The standard InChI is InChI=1S/C16H24F3N3O2S.HI/c1-15(2,3)25(23)10-9-21-14(20-4)22-11-12-7-5-6-8-13(12)24-16(17,18)19;/h5-8H,9-11H2,1-4H3,(H2,20,21,22);1H. The van der Waals surface area contributed by atoms with Crippen LogP contribution in [-0.4, -0.2) is 40.6 Å². The molecule has 0 bridgehead atoms. The van der Waals surface area contributed by atoms with Crippen molar-refractivity contribution >= 4 is 40.7 Å². The van der Waals surface area contributed by atoms with E-state index < -0.39 is 17.2 Å². The molecular formula is C16H25F3IN3O2S. The second-order valence-corrected chi connectivity index (χ2v) is 8.49. The molecule has 0 radical (unpaired) electrons. The zero-order valence-corrected chi connectivity index (χ0v) is 18.3. The number of ether oxygens (including phenoxy) is 1. The van der Waals surface area contributed by atoms with Gasteiger partial charge < -0.3 is 15.4 Å². The Kier molecular flexibility index (Phi) is 10.5. The van der Waals surface area contributed by atoms with E-state index in [0.717, 1.165) is 0 Å². The van der Waals surface area contributed by atoms with Gasteiger partial charge in [-0.15, -0.1) is 37.1 Å². The highest BCUT2D eigenvalue weighted by molar-refractivity contribution is 14.0. The first-order valence-corrected chi connectivity index (χ1v) is 9.01. The Morgan fingerprint density at radius 3 is 2.35 bits per heavy atom. The van der Waals surface area contributed by atoms with Crippen molar-refractivity contribution in [2.75, 3.05) is 19.3 Å². The fourth-order valence-electron chi connectivity index (χ4n) is 1.84. The molecule has 1 atom stereocenters. The lowest BCUT2D eigenvalue weighted by Gasteiger charge is -2.19. The number of guanidine groups is 1. The van der Waals surface area contributed by atoms with Crippen molar-refractivity contribution < 1.29 is 22.1 Å². The number of para-hydroxylation sites is 1. The van der Waals surface area contributed by atoms with E-state index in [2.05, 4.69) is 20.4 Å². The van der Waals surface area contributed by atoms with Gasteiger partial charge >= 0.3 is 6.36 Å². The van der Waals surface area contributed by atoms with Gasteiger partial charge in [-0.1, -0.05) is 18.2 Å². The van der Waals surface area contributed by atoms with E-state index in [4.69, 9.17) is 0 Å². The molecule has 150 valence electrons. The molecule has 1 unspecified atom stereocenters. The van der Waals surface area contributed by atoms with E-state index in [0.29, 0.717) is 23.8 Å². The summed E-state index contributed by atoms with van der Waals surface area (Å²) in [4.78, 5) is 4.00. The topological polar surface area (TPSA) is 62.7 Å². The van der Waals surface area contributed by atoms with Crippen molar-refractivity contribution in [1.82, 2.24) is 10.6 Å². The summed E-state index contributed by atoms with van der Waals surface area (Å²) in [5, 5.41) is 5.91. The fraction of sp³-hybridized carbons (Fsp3) is 0.562. The lowest BCUT2D eigenvalue weighted by Crippen LogP contribution is -2.40. The van der Waals surface area contributed by atoms with Gasteiger partial charge in [-0.05, 0) is 26.8 Å². The average molecular weight is 507 g/mol. The molecule has 1 aromatic rings. The minimum absolute atomic E-state index is 0. The second kappa shape index (κ2) is 11.0. The van der Waals surface area contributed by atoms with Crippen molar-refractivity contribution in [3.05, 3.63) is 29.8 Å². The quantitative estimate of drug-likeness (QED) is 0.352. The smallest absolute Gasteiger partial charge is 0.405 e. The largest absolute Gasteiger partial charge is 0.573 e. The first-order valence-electron chi connectivity index (χ1n) is 7.69. The third kappa shape index (κ3) is 9.60. The minimum atomic E-state index is -4.74. The Labute approximate surface area is 171 Å². The summed E-state index contributed by atoms with van der Waals surface area (Å²) in [6, 6.07) is 5.89. The molecule has 0 heterocycles. The van der Waals surface area contributed by atoms with Gasteiger partial charge in [0.05, 0.1) is 0 Å². The summed E-state index contributed by atoms with van der Waals surface area (Å²) < 4.78 is 52.9. The van der Waals surface area contributed by atoms with E-state index in [1.54, 1.807) is 13.1 Å². The van der Waals surface area contributed by atoms with Gasteiger partial charge in [0.1, 0.15) is 5.75 Å². The summed E-state index contributed by atoms with van der Waals surface area (Å²) in [5.41, 5.74) is 0.348.